The molecule has 3 nitrogen and oxygen atoms in total. The highest BCUT2D eigenvalue weighted by Crippen LogP contribution is 2.42. The minimum Gasteiger partial charge on any atom is -0.321 e. The Morgan fingerprint density at radius 3 is 1.87 bits per heavy atom. The molecule has 0 fully saturated rings. The van der Waals surface area contributed by atoms with E-state index in [0.29, 0.717) is 0 Å². The van der Waals surface area contributed by atoms with E-state index in [4.69, 9.17) is 5.73 Å². The van der Waals surface area contributed by atoms with Gasteiger partial charge in [-0.3, -0.25) is 4.98 Å². The van der Waals surface area contributed by atoms with E-state index in [0.717, 1.165) is 46.6 Å². The number of rotatable bonds is 7. The zero-order chi connectivity index (χ0) is 21.7. The molecule has 4 aromatic rings. The van der Waals surface area contributed by atoms with Gasteiger partial charge in [0.25, 0.3) is 0 Å². The Morgan fingerprint density at radius 1 is 0.742 bits per heavy atom. The molecule has 1 aromatic heterocycles. The summed E-state index contributed by atoms with van der Waals surface area (Å²) in [5.74, 6) is 0. The van der Waals surface area contributed by atoms with Gasteiger partial charge in [0.05, 0.1) is 5.69 Å². The van der Waals surface area contributed by atoms with Gasteiger partial charge in [0, 0.05) is 29.3 Å². The highest BCUT2D eigenvalue weighted by atomic mass is 15.1. The number of para-hydroxylation sites is 2. The van der Waals surface area contributed by atoms with Gasteiger partial charge in [-0.25, -0.2) is 0 Å². The number of hydrogen-bond donors (Lipinski definition) is 1. The number of anilines is 3. The minimum atomic E-state index is -0.435. The van der Waals surface area contributed by atoms with Gasteiger partial charge in [-0.2, -0.15) is 0 Å². The molecule has 2 N–H and O–H groups in total. The number of nitrogens with two attached hydrogens (primary N) is 1. The average Bonchev–Trinajstić information content (AvgIpc) is 2.86. The molecule has 156 valence electrons. The number of nitrogens with zero attached hydrogens (tertiary/aromatic N) is 2. The van der Waals surface area contributed by atoms with E-state index in [-0.39, 0.29) is 0 Å². The lowest BCUT2D eigenvalue weighted by atomic mass is 9.82. The fraction of sp³-hybridized carbons (Fsp3) is 0.179. The highest BCUT2D eigenvalue weighted by molar-refractivity contribution is 5.81. The van der Waals surface area contributed by atoms with Gasteiger partial charge in [0.15, 0.2) is 0 Å². The molecular weight excluding hydrogens is 378 g/mol. The summed E-state index contributed by atoms with van der Waals surface area (Å²) in [6.07, 6.45) is 5.41. The lowest BCUT2D eigenvalue weighted by Gasteiger charge is -2.35. The highest BCUT2D eigenvalue weighted by Gasteiger charge is 2.29. The molecule has 0 amide bonds. The van der Waals surface area contributed by atoms with Crippen LogP contribution in [0, 0.1) is 0 Å². The molecule has 0 aliphatic carbocycles. The van der Waals surface area contributed by atoms with Crippen LogP contribution < -0.4 is 10.6 Å². The Labute approximate surface area is 185 Å². The van der Waals surface area contributed by atoms with E-state index in [1.54, 1.807) is 6.20 Å². The summed E-state index contributed by atoms with van der Waals surface area (Å²) >= 11 is 0. The Hall–Kier alpha value is -3.43. The van der Waals surface area contributed by atoms with Crippen molar-refractivity contribution in [3.8, 4) is 11.1 Å². The van der Waals surface area contributed by atoms with Crippen LogP contribution in [0.3, 0.4) is 0 Å². The normalized spacial score (nSPS) is 11.3. The molecule has 1 heterocycles. The maximum absolute atomic E-state index is 7.02. The van der Waals surface area contributed by atoms with Gasteiger partial charge in [-0.05, 0) is 72.0 Å². The maximum Gasteiger partial charge on any atom is 0.0512 e. The average molecular weight is 408 g/mol. The van der Waals surface area contributed by atoms with Crippen molar-refractivity contribution in [1.29, 1.82) is 0 Å². The van der Waals surface area contributed by atoms with Gasteiger partial charge in [0.1, 0.15) is 0 Å². The molecule has 4 rings (SSSR count). The topological polar surface area (TPSA) is 42.1 Å². The van der Waals surface area contributed by atoms with Crippen molar-refractivity contribution in [3.05, 3.63) is 109 Å². The second-order valence-corrected chi connectivity index (χ2v) is 7.84. The third-order valence-corrected chi connectivity index (χ3v) is 6.06. The zero-order valence-electron chi connectivity index (χ0n) is 18.2. The molecule has 0 unspecified atom stereocenters. The third kappa shape index (κ3) is 4.23. The van der Waals surface area contributed by atoms with Crippen LogP contribution in [0.2, 0.25) is 0 Å². The van der Waals surface area contributed by atoms with Crippen LogP contribution in [0.25, 0.3) is 11.1 Å². The van der Waals surface area contributed by atoms with Gasteiger partial charge < -0.3 is 10.6 Å². The number of benzene rings is 3. The van der Waals surface area contributed by atoms with Gasteiger partial charge in [-0.1, -0.05) is 62.4 Å². The summed E-state index contributed by atoms with van der Waals surface area (Å²) in [5, 5.41) is 0. The Balaban J connectivity index is 1.96. The minimum absolute atomic E-state index is 0.435. The van der Waals surface area contributed by atoms with Crippen molar-refractivity contribution in [2.45, 2.75) is 32.2 Å². The fourth-order valence-corrected chi connectivity index (χ4v) is 4.06. The third-order valence-electron chi connectivity index (χ3n) is 6.06. The first kappa shape index (κ1) is 20.8. The number of aromatic nitrogens is 1. The quantitative estimate of drug-likeness (QED) is 0.352. The summed E-state index contributed by atoms with van der Waals surface area (Å²) < 4.78 is 0. The van der Waals surface area contributed by atoms with Crippen LogP contribution >= 0.6 is 0 Å². The van der Waals surface area contributed by atoms with Crippen LogP contribution in [-0.4, -0.2) is 4.98 Å². The van der Waals surface area contributed by atoms with Crippen molar-refractivity contribution < 1.29 is 0 Å². The monoisotopic (exact) mass is 407 g/mol. The van der Waals surface area contributed by atoms with Crippen molar-refractivity contribution >= 4 is 17.1 Å². The first-order valence-electron chi connectivity index (χ1n) is 10.9. The number of pyridine rings is 1. The van der Waals surface area contributed by atoms with Gasteiger partial charge in [0.2, 0.25) is 0 Å². The van der Waals surface area contributed by atoms with Crippen LogP contribution in [0.15, 0.2) is 103 Å². The smallest absolute Gasteiger partial charge is 0.0512 e. The summed E-state index contributed by atoms with van der Waals surface area (Å²) in [5.41, 5.74) is 13.3. The zero-order valence-corrected chi connectivity index (χ0v) is 18.2. The lowest BCUT2D eigenvalue weighted by molar-refractivity contribution is 0.414. The van der Waals surface area contributed by atoms with Crippen molar-refractivity contribution in [2.75, 3.05) is 4.90 Å². The second-order valence-electron chi connectivity index (χ2n) is 7.84. The van der Waals surface area contributed by atoms with E-state index >= 15 is 0 Å². The SMILES string of the molecule is CCC(N)(CC)c1cc(-c2cccnc2)ccc1N(c1ccccc1)c1ccccc1. The van der Waals surface area contributed by atoms with E-state index in [1.807, 2.05) is 24.4 Å². The predicted molar refractivity (Wildman–Crippen MR) is 131 cm³/mol. The Kier molecular flexibility index (Phi) is 6.15. The molecular formula is C28H29N3. The first-order valence-corrected chi connectivity index (χ1v) is 10.9. The molecule has 0 aliphatic heterocycles. The number of hydrogen-bond acceptors (Lipinski definition) is 3. The molecule has 0 spiro atoms. The van der Waals surface area contributed by atoms with E-state index < -0.39 is 5.54 Å². The molecule has 0 bridgehead atoms. The molecule has 3 heteroatoms. The summed E-state index contributed by atoms with van der Waals surface area (Å²) in [4.78, 5) is 6.61. The van der Waals surface area contributed by atoms with E-state index in [1.165, 1.54) is 0 Å². The van der Waals surface area contributed by atoms with Crippen molar-refractivity contribution in [1.82, 2.24) is 4.98 Å². The summed E-state index contributed by atoms with van der Waals surface area (Å²) in [7, 11) is 0. The van der Waals surface area contributed by atoms with Crippen LogP contribution in [-0.2, 0) is 5.54 Å². The molecule has 0 aliphatic rings. The molecule has 0 saturated carbocycles. The molecule has 0 atom stereocenters. The van der Waals surface area contributed by atoms with Gasteiger partial charge >= 0.3 is 0 Å². The molecule has 3 aromatic carbocycles. The van der Waals surface area contributed by atoms with Crippen LogP contribution in [0.4, 0.5) is 17.1 Å². The van der Waals surface area contributed by atoms with E-state index in [9.17, 15) is 0 Å². The molecule has 31 heavy (non-hydrogen) atoms. The first-order chi connectivity index (χ1) is 15.2. The van der Waals surface area contributed by atoms with Crippen LogP contribution in [0.5, 0.6) is 0 Å². The Bertz CT molecular complexity index is 1070. The largest absolute Gasteiger partial charge is 0.321 e. The maximum atomic E-state index is 7.02. The van der Waals surface area contributed by atoms with E-state index in [2.05, 4.69) is 96.5 Å². The predicted octanol–water partition coefficient (Wildman–Crippen LogP) is 7.19. The van der Waals surface area contributed by atoms with Gasteiger partial charge in [-0.15, -0.1) is 0 Å². The molecule has 0 saturated heterocycles. The lowest BCUT2D eigenvalue weighted by Crippen LogP contribution is -2.36. The van der Waals surface area contributed by atoms with Crippen molar-refractivity contribution in [2.24, 2.45) is 5.73 Å². The van der Waals surface area contributed by atoms with Crippen molar-refractivity contribution in [3.63, 3.8) is 0 Å². The van der Waals surface area contributed by atoms with Crippen LogP contribution in [0.1, 0.15) is 32.3 Å². The summed E-state index contributed by atoms with van der Waals surface area (Å²) in [6, 6.07) is 31.6. The Morgan fingerprint density at radius 2 is 1.35 bits per heavy atom. The molecule has 0 radical (unpaired) electrons. The summed E-state index contributed by atoms with van der Waals surface area (Å²) in [6.45, 7) is 4.33. The fourth-order valence-electron chi connectivity index (χ4n) is 4.06. The second kappa shape index (κ2) is 9.15. The standard InChI is InChI=1S/C28H29N3/c1-3-28(29,4-2)26-20-22(23-12-11-19-30-21-23)17-18-27(26)31(24-13-7-5-8-14-24)25-15-9-6-10-16-25/h5-21H,3-4,29H2,1-2H3.